The van der Waals surface area contributed by atoms with E-state index < -0.39 is 6.04 Å². The number of hydrogen-bond acceptors (Lipinski definition) is 4. The van der Waals surface area contributed by atoms with E-state index in [1.807, 2.05) is 79.7 Å². The van der Waals surface area contributed by atoms with E-state index in [0.717, 1.165) is 28.0 Å². The molecule has 0 spiro atoms. The van der Waals surface area contributed by atoms with Crippen LogP contribution < -0.4 is 14.8 Å². The molecule has 6 nitrogen and oxygen atoms in total. The Bertz CT molecular complexity index is 1230. The van der Waals surface area contributed by atoms with Gasteiger partial charge in [-0.3, -0.25) is 9.59 Å². The first-order valence-corrected chi connectivity index (χ1v) is 13.4. The Labute approximate surface area is 226 Å². The molecule has 0 bridgehead atoms. The molecule has 0 aliphatic carbocycles. The summed E-state index contributed by atoms with van der Waals surface area (Å²) < 4.78 is 11.3. The molecule has 0 fully saturated rings. The van der Waals surface area contributed by atoms with Gasteiger partial charge in [-0.15, -0.1) is 0 Å². The Morgan fingerprint density at radius 3 is 2.34 bits per heavy atom. The predicted molar refractivity (Wildman–Crippen MR) is 149 cm³/mol. The summed E-state index contributed by atoms with van der Waals surface area (Å²) in [5.41, 5.74) is 4.15. The van der Waals surface area contributed by atoms with Gasteiger partial charge in [0.15, 0.2) is 11.5 Å². The molecule has 0 radical (unpaired) electrons. The lowest BCUT2D eigenvalue weighted by molar-refractivity contribution is -0.141. The summed E-state index contributed by atoms with van der Waals surface area (Å²) in [5, 5.41) is 3.08. The third-order valence-corrected chi connectivity index (χ3v) is 6.79. The van der Waals surface area contributed by atoms with Gasteiger partial charge in [0.1, 0.15) is 19.3 Å². The number of aryl methyl sites for hydroxylation is 2. The highest BCUT2D eigenvalue weighted by molar-refractivity contribution is 5.88. The smallest absolute Gasteiger partial charge is 0.243 e. The van der Waals surface area contributed by atoms with Crippen molar-refractivity contribution >= 4 is 11.8 Å². The van der Waals surface area contributed by atoms with Crippen molar-refractivity contribution in [2.75, 3.05) is 19.8 Å². The molecule has 2 amide bonds. The molecule has 1 aliphatic heterocycles. The number of fused-ring (bicyclic) bond motifs is 1. The number of rotatable bonds is 11. The summed E-state index contributed by atoms with van der Waals surface area (Å²) >= 11 is 0. The summed E-state index contributed by atoms with van der Waals surface area (Å²) in [6.07, 6.45) is 1.28. The maximum Gasteiger partial charge on any atom is 0.243 e. The van der Waals surface area contributed by atoms with Crippen LogP contribution in [-0.4, -0.2) is 42.5 Å². The minimum absolute atomic E-state index is 0.0521. The van der Waals surface area contributed by atoms with Crippen molar-refractivity contribution in [2.24, 2.45) is 5.92 Å². The van der Waals surface area contributed by atoms with Crippen molar-refractivity contribution in [2.45, 2.75) is 52.6 Å². The molecular formula is C32H38N2O4. The number of ether oxygens (including phenoxy) is 2. The molecule has 0 saturated carbocycles. The maximum atomic E-state index is 13.9. The van der Waals surface area contributed by atoms with Gasteiger partial charge in [0, 0.05) is 25.9 Å². The van der Waals surface area contributed by atoms with Crippen molar-refractivity contribution in [1.29, 1.82) is 0 Å². The summed E-state index contributed by atoms with van der Waals surface area (Å²) in [5.74, 6) is 1.59. The lowest BCUT2D eigenvalue weighted by Crippen LogP contribution is -2.51. The second kappa shape index (κ2) is 13.1. The SMILES string of the molecule is Cc1ccccc1CN(C(=O)CCc1ccc2c(c1)OCCO2)C(Cc1ccccc1)C(=O)NCC(C)C. The first kappa shape index (κ1) is 27.2. The first-order chi connectivity index (χ1) is 18.4. The molecule has 1 N–H and O–H groups in total. The van der Waals surface area contributed by atoms with Crippen molar-refractivity contribution in [3.63, 3.8) is 0 Å². The Morgan fingerprint density at radius 2 is 1.61 bits per heavy atom. The van der Waals surface area contributed by atoms with Crippen LogP contribution in [0.1, 0.15) is 42.5 Å². The van der Waals surface area contributed by atoms with Crippen LogP contribution in [0.4, 0.5) is 0 Å². The molecule has 3 aromatic carbocycles. The zero-order valence-electron chi connectivity index (χ0n) is 22.6. The summed E-state index contributed by atoms with van der Waals surface area (Å²) in [6, 6.07) is 23.1. The lowest BCUT2D eigenvalue weighted by Gasteiger charge is -2.32. The van der Waals surface area contributed by atoms with Gasteiger partial charge in [-0.05, 0) is 53.6 Å². The highest BCUT2D eigenvalue weighted by Gasteiger charge is 2.30. The van der Waals surface area contributed by atoms with Crippen LogP contribution in [0.15, 0.2) is 72.8 Å². The highest BCUT2D eigenvalue weighted by atomic mass is 16.6. The largest absolute Gasteiger partial charge is 0.486 e. The number of nitrogens with zero attached hydrogens (tertiary/aromatic N) is 1. The van der Waals surface area contributed by atoms with Crippen LogP contribution >= 0.6 is 0 Å². The Balaban J connectivity index is 1.59. The van der Waals surface area contributed by atoms with Gasteiger partial charge in [-0.2, -0.15) is 0 Å². The average Bonchev–Trinajstić information content (AvgIpc) is 2.93. The monoisotopic (exact) mass is 514 g/mol. The molecule has 6 heteroatoms. The van der Waals surface area contributed by atoms with Crippen molar-refractivity contribution in [3.05, 3.63) is 95.1 Å². The quantitative estimate of drug-likeness (QED) is 0.386. The van der Waals surface area contributed by atoms with Crippen LogP contribution in [0.5, 0.6) is 11.5 Å². The second-order valence-electron chi connectivity index (χ2n) is 10.3. The minimum atomic E-state index is -0.622. The van der Waals surface area contributed by atoms with E-state index in [2.05, 4.69) is 19.2 Å². The maximum absolute atomic E-state index is 13.9. The van der Waals surface area contributed by atoms with Crippen LogP contribution in [0.25, 0.3) is 0 Å². The molecule has 1 unspecified atom stereocenters. The molecule has 0 aromatic heterocycles. The second-order valence-corrected chi connectivity index (χ2v) is 10.3. The fourth-order valence-electron chi connectivity index (χ4n) is 4.59. The molecule has 1 heterocycles. The lowest BCUT2D eigenvalue weighted by atomic mass is 10.00. The Hall–Kier alpha value is -3.80. The van der Waals surface area contributed by atoms with Crippen LogP contribution in [0.2, 0.25) is 0 Å². The fourth-order valence-corrected chi connectivity index (χ4v) is 4.59. The van der Waals surface area contributed by atoms with Gasteiger partial charge in [-0.25, -0.2) is 0 Å². The Morgan fingerprint density at radius 1 is 0.895 bits per heavy atom. The van der Waals surface area contributed by atoms with Gasteiger partial charge < -0.3 is 19.7 Å². The standard InChI is InChI=1S/C32H38N2O4/c1-23(2)21-33-32(36)28(19-25-10-5-4-6-11-25)34(22-27-12-8-7-9-24(27)3)31(35)16-14-26-13-15-29-30(20-26)38-18-17-37-29/h4-13,15,20,23,28H,14,16-19,21-22H2,1-3H3,(H,33,36). The van der Waals surface area contributed by atoms with Gasteiger partial charge in [0.05, 0.1) is 0 Å². The number of amides is 2. The molecule has 3 aromatic rings. The number of hydrogen-bond donors (Lipinski definition) is 1. The van der Waals surface area contributed by atoms with Crippen LogP contribution in [0, 0.1) is 12.8 Å². The molecule has 4 rings (SSSR count). The van der Waals surface area contributed by atoms with Crippen molar-refractivity contribution in [1.82, 2.24) is 10.2 Å². The van der Waals surface area contributed by atoms with E-state index in [4.69, 9.17) is 9.47 Å². The van der Waals surface area contributed by atoms with Gasteiger partial charge in [-0.1, -0.05) is 74.5 Å². The number of benzene rings is 3. The van der Waals surface area contributed by atoms with E-state index in [0.29, 0.717) is 50.8 Å². The van der Waals surface area contributed by atoms with Crippen molar-refractivity contribution < 1.29 is 19.1 Å². The normalized spacial score (nSPS) is 13.2. The molecule has 1 aliphatic rings. The van der Waals surface area contributed by atoms with E-state index in [-0.39, 0.29) is 18.2 Å². The first-order valence-electron chi connectivity index (χ1n) is 13.4. The minimum Gasteiger partial charge on any atom is -0.486 e. The summed E-state index contributed by atoms with van der Waals surface area (Å²) in [4.78, 5) is 29.2. The Kier molecular flexibility index (Phi) is 9.41. The zero-order valence-corrected chi connectivity index (χ0v) is 22.6. The topological polar surface area (TPSA) is 67.9 Å². The van der Waals surface area contributed by atoms with Gasteiger partial charge in [0.25, 0.3) is 0 Å². The number of carbonyl (C=O) groups is 2. The number of carbonyl (C=O) groups excluding carboxylic acids is 2. The third-order valence-electron chi connectivity index (χ3n) is 6.79. The van der Waals surface area contributed by atoms with Gasteiger partial charge >= 0.3 is 0 Å². The summed E-state index contributed by atoms with van der Waals surface area (Å²) in [6.45, 7) is 8.17. The molecule has 200 valence electrons. The fraction of sp³-hybridized carbons (Fsp3) is 0.375. The molecular weight excluding hydrogens is 476 g/mol. The van der Waals surface area contributed by atoms with E-state index >= 15 is 0 Å². The van der Waals surface area contributed by atoms with Crippen LogP contribution in [0.3, 0.4) is 0 Å². The highest BCUT2D eigenvalue weighted by Crippen LogP contribution is 2.31. The zero-order chi connectivity index (χ0) is 26.9. The number of nitrogens with one attached hydrogen (secondary N) is 1. The van der Waals surface area contributed by atoms with E-state index in [1.54, 1.807) is 4.90 Å². The predicted octanol–water partition coefficient (Wildman–Crippen LogP) is 5.11. The molecule has 0 saturated heterocycles. The average molecular weight is 515 g/mol. The third kappa shape index (κ3) is 7.37. The van der Waals surface area contributed by atoms with Gasteiger partial charge in [0.2, 0.25) is 11.8 Å². The van der Waals surface area contributed by atoms with E-state index in [1.165, 1.54) is 0 Å². The van der Waals surface area contributed by atoms with E-state index in [9.17, 15) is 9.59 Å². The van der Waals surface area contributed by atoms with Crippen molar-refractivity contribution in [3.8, 4) is 11.5 Å². The summed E-state index contributed by atoms with van der Waals surface area (Å²) in [7, 11) is 0. The van der Waals surface area contributed by atoms with Crippen LogP contribution in [-0.2, 0) is 29.0 Å². The molecule has 1 atom stereocenters. The molecule has 38 heavy (non-hydrogen) atoms.